The molecule has 0 aliphatic carbocycles. The number of hydrogen-bond acceptors (Lipinski definition) is 4. The van der Waals surface area contributed by atoms with Gasteiger partial charge in [-0.25, -0.2) is 0 Å². The van der Waals surface area contributed by atoms with E-state index in [1.54, 1.807) is 12.1 Å². The van der Waals surface area contributed by atoms with Crippen molar-refractivity contribution in [1.82, 2.24) is 4.90 Å². The summed E-state index contributed by atoms with van der Waals surface area (Å²) in [5.74, 6) is 2.39. The second-order valence-electron chi connectivity index (χ2n) is 4.86. The van der Waals surface area contributed by atoms with E-state index in [2.05, 4.69) is 16.6 Å². The summed E-state index contributed by atoms with van der Waals surface area (Å²) in [7, 11) is 0. The van der Waals surface area contributed by atoms with Crippen molar-refractivity contribution in [2.75, 3.05) is 24.6 Å². The summed E-state index contributed by atoms with van der Waals surface area (Å²) in [6.07, 6.45) is 0. The SMILES string of the molecule is CC1CSCCN1C(CN)c1ccc(OC(F)F)cc1. The third kappa shape index (κ3) is 3.84. The number of rotatable bonds is 5. The van der Waals surface area contributed by atoms with Gasteiger partial charge in [0.15, 0.2) is 0 Å². The molecule has 0 spiro atoms. The molecule has 1 aliphatic rings. The lowest BCUT2D eigenvalue weighted by Crippen LogP contribution is -2.45. The molecule has 2 rings (SSSR count). The van der Waals surface area contributed by atoms with Crippen LogP contribution in [-0.2, 0) is 0 Å². The van der Waals surface area contributed by atoms with E-state index in [9.17, 15) is 8.78 Å². The number of alkyl halides is 2. The lowest BCUT2D eigenvalue weighted by Gasteiger charge is -2.39. The van der Waals surface area contributed by atoms with Crippen LogP contribution in [0.15, 0.2) is 24.3 Å². The molecule has 6 heteroatoms. The summed E-state index contributed by atoms with van der Waals surface area (Å²) in [4.78, 5) is 2.39. The monoisotopic (exact) mass is 302 g/mol. The third-order valence-electron chi connectivity index (χ3n) is 3.53. The van der Waals surface area contributed by atoms with Crippen molar-refractivity contribution in [2.24, 2.45) is 5.73 Å². The highest BCUT2D eigenvalue weighted by atomic mass is 32.2. The van der Waals surface area contributed by atoms with E-state index in [0.717, 1.165) is 23.6 Å². The first-order chi connectivity index (χ1) is 9.61. The zero-order valence-corrected chi connectivity index (χ0v) is 12.3. The van der Waals surface area contributed by atoms with E-state index in [4.69, 9.17) is 5.73 Å². The van der Waals surface area contributed by atoms with E-state index in [1.165, 1.54) is 0 Å². The van der Waals surface area contributed by atoms with Crippen LogP contribution < -0.4 is 10.5 Å². The topological polar surface area (TPSA) is 38.5 Å². The maximum Gasteiger partial charge on any atom is 0.387 e. The Morgan fingerprint density at radius 1 is 1.40 bits per heavy atom. The maximum absolute atomic E-state index is 12.1. The average Bonchev–Trinajstić information content (AvgIpc) is 2.43. The van der Waals surface area contributed by atoms with E-state index >= 15 is 0 Å². The van der Waals surface area contributed by atoms with Crippen LogP contribution >= 0.6 is 11.8 Å². The normalized spacial score (nSPS) is 21.9. The zero-order chi connectivity index (χ0) is 14.5. The molecule has 1 heterocycles. The van der Waals surface area contributed by atoms with Gasteiger partial charge in [-0.05, 0) is 24.6 Å². The van der Waals surface area contributed by atoms with Crippen LogP contribution in [0.5, 0.6) is 5.75 Å². The van der Waals surface area contributed by atoms with Gasteiger partial charge in [0.2, 0.25) is 0 Å². The molecule has 3 nitrogen and oxygen atoms in total. The van der Waals surface area contributed by atoms with Crippen LogP contribution in [0.4, 0.5) is 8.78 Å². The second kappa shape index (κ2) is 7.24. The number of nitrogens with two attached hydrogens (primary N) is 1. The van der Waals surface area contributed by atoms with Gasteiger partial charge in [-0.15, -0.1) is 0 Å². The van der Waals surface area contributed by atoms with Crippen LogP contribution in [0.25, 0.3) is 0 Å². The van der Waals surface area contributed by atoms with Gasteiger partial charge < -0.3 is 10.5 Å². The number of nitrogens with zero attached hydrogens (tertiary/aromatic N) is 1. The number of hydrogen-bond donors (Lipinski definition) is 1. The fourth-order valence-corrected chi connectivity index (χ4v) is 3.58. The summed E-state index contributed by atoms with van der Waals surface area (Å²) in [5, 5.41) is 0. The molecular formula is C14H20F2N2OS. The predicted octanol–water partition coefficient (Wildman–Crippen LogP) is 2.73. The molecule has 2 atom stereocenters. The fourth-order valence-electron chi connectivity index (χ4n) is 2.54. The molecule has 112 valence electrons. The lowest BCUT2D eigenvalue weighted by atomic mass is 10.0. The summed E-state index contributed by atoms with van der Waals surface area (Å²) in [6.45, 7) is 0.932. The first-order valence-electron chi connectivity index (χ1n) is 6.70. The van der Waals surface area contributed by atoms with Crippen molar-refractivity contribution in [3.8, 4) is 5.75 Å². The van der Waals surface area contributed by atoms with Gasteiger partial charge in [0.1, 0.15) is 5.75 Å². The van der Waals surface area contributed by atoms with Crippen LogP contribution in [0.2, 0.25) is 0 Å². The predicted molar refractivity (Wildman–Crippen MR) is 78.4 cm³/mol. The number of ether oxygens (including phenoxy) is 1. The highest BCUT2D eigenvalue weighted by Crippen LogP contribution is 2.28. The Morgan fingerprint density at radius 2 is 2.10 bits per heavy atom. The van der Waals surface area contributed by atoms with Gasteiger partial charge in [-0.2, -0.15) is 20.5 Å². The highest BCUT2D eigenvalue weighted by Gasteiger charge is 2.26. The highest BCUT2D eigenvalue weighted by molar-refractivity contribution is 7.99. The lowest BCUT2D eigenvalue weighted by molar-refractivity contribution is -0.0498. The first kappa shape index (κ1) is 15.5. The standard InChI is InChI=1S/C14H20F2N2OS/c1-10-9-20-7-6-18(10)13(8-17)11-2-4-12(5-3-11)19-14(15)16/h2-5,10,13-14H,6-9,17H2,1H3. The second-order valence-corrected chi connectivity index (χ2v) is 6.01. The van der Waals surface area contributed by atoms with Gasteiger partial charge in [-0.3, -0.25) is 4.90 Å². The Labute approximate surface area is 122 Å². The molecule has 1 aromatic rings. The molecular weight excluding hydrogens is 282 g/mol. The first-order valence-corrected chi connectivity index (χ1v) is 7.85. The van der Waals surface area contributed by atoms with E-state index < -0.39 is 6.61 Å². The Morgan fingerprint density at radius 3 is 2.65 bits per heavy atom. The molecule has 1 saturated heterocycles. The van der Waals surface area contributed by atoms with Crippen molar-refractivity contribution in [3.05, 3.63) is 29.8 Å². The largest absolute Gasteiger partial charge is 0.435 e. The Bertz CT molecular complexity index is 416. The molecule has 1 aromatic carbocycles. The molecule has 1 aliphatic heterocycles. The van der Waals surface area contributed by atoms with Gasteiger partial charge in [-0.1, -0.05) is 12.1 Å². The van der Waals surface area contributed by atoms with Crippen LogP contribution in [0.3, 0.4) is 0 Å². The van der Waals surface area contributed by atoms with E-state index in [-0.39, 0.29) is 11.8 Å². The molecule has 0 radical (unpaired) electrons. The Balaban J connectivity index is 2.10. The van der Waals surface area contributed by atoms with Crippen molar-refractivity contribution in [3.63, 3.8) is 0 Å². The summed E-state index contributed by atoms with van der Waals surface area (Å²) >= 11 is 1.95. The smallest absolute Gasteiger partial charge is 0.387 e. The summed E-state index contributed by atoms with van der Waals surface area (Å²) in [5.41, 5.74) is 6.97. The quantitative estimate of drug-likeness (QED) is 0.907. The van der Waals surface area contributed by atoms with E-state index in [0.29, 0.717) is 12.6 Å². The molecule has 0 saturated carbocycles. The van der Waals surface area contributed by atoms with Gasteiger partial charge in [0.05, 0.1) is 0 Å². The zero-order valence-electron chi connectivity index (χ0n) is 11.5. The van der Waals surface area contributed by atoms with Crippen LogP contribution in [0, 0.1) is 0 Å². The van der Waals surface area contributed by atoms with Crippen LogP contribution in [-0.4, -0.2) is 42.1 Å². The minimum absolute atomic E-state index is 0.131. The minimum Gasteiger partial charge on any atom is -0.435 e. The number of benzene rings is 1. The fraction of sp³-hybridized carbons (Fsp3) is 0.571. The minimum atomic E-state index is -2.79. The molecule has 2 unspecified atom stereocenters. The number of thioether (sulfide) groups is 1. The van der Waals surface area contributed by atoms with Gasteiger partial charge in [0.25, 0.3) is 0 Å². The summed E-state index contributed by atoms with van der Waals surface area (Å²) < 4.78 is 28.6. The molecule has 0 bridgehead atoms. The third-order valence-corrected chi connectivity index (χ3v) is 4.72. The molecule has 20 heavy (non-hydrogen) atoms. The van der Waals surface area contributed by atoms with Crippen molar-refractivity contribution in [2.45, 2.75) is 25.6 Å². The van der Waals surface area contributed by atoms with Crippen molar-refractivity contribution in [1.29, 1.82) is 0 Å². The Hall–Kier alpha value is -0.850. The molecule has 0 amide bonds. The maximum atomic E-state index is 12.1. The average molecular weight is 302 g/mol. The Kier molecular flexibility index (Phi) is 5.63. The number of halogens is 2. The molecule has 1 fully saturated rings. The van der Waals surface area contributed by atoms with E-state index in [1.807, 2.05) is 23.9 Å². The molecule has 2 N–H and O–H groups in total. The van der Waals surface area contributed by atoms with Crippen molar-refractivity contribution < 1.29 is 13.5 Å². The van der Waals surface area contributed by atoms with Crippen LogP contribution in [0.1, 0.15) is 18.5 Å². The van der Waals surface area contributed by atoms with Gasteiger partial charge >= 0.3 is 6.61 Å². The van der Waals surface area contributed by atoms with Crippen molar-refractivity contribution >= 4 is 11.8 Å². The summed E-state index contributed by atoms with van der Waals surface area (Å²) in [6, 6.07) is 7.40. The molecule has 0 aromatic heterocycles. The van der Waals surface area contributed by atoms with Gasteiger partial charge in [0, 0.05) is 36.7 Å².